The van der Waals surface area contributed by atoms with Crippen LogP contribution in [-0.2, 0) is 5.41 Å². The van der Waals surface area contributed by atoms with Crippen molar-refractivity contribution in [2.45, 2.75) is 39.5 Å². The highest BCUT2D eigenvalue weighted by atomic mass is 16.5. The Morgan fingerprint density at radius 1 is 1.10 bits per heavy atom. The van der Waals surface area contributed by atoms with Crippen LogP contribution in [0.5, 0.6) is 11.5 Å². The zero-order chi connectivity index (χ0) is 15.5. The molecule has 0 heterocycles. The topological polar surface area (TPSA) is 33.0 Å². The largest absolute Gasteiger partial charge is 0.456 e. The maximum absolute atomic E-state index is 9.14. The van der Waals surface area contributed by atoms with Gasteiger partial charge in [-0.25, -0.2) is 0 Å². The van der Waals surface area contributed by atoms with E-state index in [-0.39, 0.29) is 5.41 Å². The number of hydrogen-bond donors (Lipinski definition) is 0. The first-order chi connectivity index (χ1) is 9.96. The minimum absolute atomic E-state index is 0.166. The van der Waals surface area contributed by atoms with E-state index in [4.69, 9.17) is 10.00 Å². The molecule has 0 saturated heterocycles. The molecule has 2 aromatic rings. The van der Waals surface area contributed by atoms with Gasteiger partial charge in [0, 0.05) is 0 Å². The highest BCUT2D eigenvalue weighted by Crippen LogP contribution is 2.30. The zero-order valence-corrected chi connectivity index (χ0v) is 13.1. The molecule has 0 fully saturated rings. The van der Waals surface area contributed by atoms with Crippen LogP contribution in [0.25, 0.3) is 0 Å². The summed E-state index contributed by atoms with van der Waals surface area (Å²) in [6.07, 6.45) is 1.09. The molecule has 0 N–H and O–H groups in total. The fourth-order valence-electron chi connectivity index (χ4n) is 2.11. The SMILES string of the molecule is CCC(C)(C)c1ccc(Oc2cc(C)ccc2C#N)cc1. The van der Waals surface area contributed by atoms with Gasteiger partial charge in [0.05, 0.1) is 5.56 Å². The van der Waals surface area contributed by atoms with Crippen molar-refractivity contribution in [3.05, 3.63) is 59.2 Å². The van der Waals surface area contributed by atoms with Gasteiger partial charge in [0.25, 0.3) is 0 Å². The van der Waals surface area contributed by atoms with E-state index >= 15 is 0 Å². The highest BCUT2D eigenvalue weighted by molar-refractivity contribution is 5.47. The van der Waals surface area contributed by atoms with E-state index in [0.717, 1.165) is 17.7 Å². The summed E-state index contributed by atoms with van der Waals surface area (Å²) < 4.78 is 5.86. The number of aryl methyl sites for hydroxylation is 1. The summed E-state index contributed by atoms with van der Waals surface area (Å²) in [4.78, 5) is 0. The third-order valence-electron chi connectivity index (χ3n) is 4.01. The van der Waals surface area contributed by atoms with Crippen LogP contribution in [0.4, 0.5) is 0 Å². The van der Waals surface area contributed by atoms with Crippen LogP contribution in [-0.4, -0.2) is 0 Å². The first-order valence-corrected chi connectivity index (χ1v) is 7.25. The molecule has 2 nitrogen and oxygen atoms in total. The van der Waals surface area contributed by atoms with E-state index in [2.05, 4.69) is 39.0 Å². The van der Waals surface area contributed by atoms with Crippen LogP contribution in [0.2, 0.25) is 0 Å². The molecule has 2 heteroatoms. The van der Waals surface area contributed by atoms with Gasteiger partial charge in [0.2, 0.25) is 0 Å². The van der Waals surface area contributed by atoms with Gasteiger partial charge >= 0.3 is 0 Å². The lowest BCUT2D eigenvalue weighted by Gasteiger charge is -2.23. The maximum atomic E-state index is 9.14. The van der Waals surface area contributed by atoms with Gasteiger partial charge in [0.15, 0.2) is 0 Å². The predicted octanol–water partition coefficient (Wildman–Crippen LogP) is 5.35. The van der Waals surface area contributed by atoms with E-state index in [9.17, 15) is 0 Å². The van der Waals surface area contributed by atoms with Crippen LogP contribution in [0.15, 0.2) is 42.5 Å². The summed E-state index contributed by atoms with van der Waals surface area (Å²) in [6, 6.07) is 15.9. The summed E-state index contributed by atoms with van der Waals surface area (Å²) in [5, 5.41) is 9.14. The van der Waals surface area contributed by atoms with Gasteiger partial charge in [-0.3, -0.25) is 0 Å². The van der Waals surface area contributed by atoms with E-state index in [0.29, 0.717) is 11.3 Å². The summed E-state index contributed by atoms with van der Waals surface area (Å²) in [5.41, 5.74) is 3.09. The van der Waals surface area contributed by atoms with Crippen molar-refractivity contribution in [2.75, 3.05) is 0 Å². The van der Waals surface area contributed by atoms with Gasteiger partial charge < -0.3 is 4.74 Å². The highest BCUT2D eigenvalue weighted by Gasteiger charge is 2.17. The number of nitrogens with zero attached hydrogens (tertiary/aromatic N) is 1. The van der Waals surface area contributed by atoms with E-state index < -0.39 is 0 Å². The molecule has 0 unspecified atom stereocenters. The molecule has 2 rings (SSSR count). The standard InChI is InChI=1S/C19H21NO/c1-5-19(3,4)16-8-10-17(11-9-16)21-18-12-14(2)6-7-15(18)13-20/h6-12H,5H2,1-4H3. The van der Waals surface area contributed by atoms with Crippen LogP contribution < -0.4 is 4.74 Å². The maximum Gasteiger partial charge on any atom is 0.145 e. The molecule has 0 aliphatic rings. The lowest BCUT2D eigenvalue weighted by molar-refractivity contribution is 0.476. The van der Waals surface area contributed by atoms with Gasteiger partial charge in [-0.2, -0.15) is 5.26 Å². The third kappa shape index (κ3) is 3.44. The monoisotopic (exact) mass is 279 g/mol. The van der Waals surface area contributed by atoms with E-state index in [1.54, 1.807) is 6.07 Å². The van der Waals surface area contributed by atoms with Crippen LogP contribution in [0.1, 0.15) is 43.9 Å². The molecule has 2 aromatic carbocycles. The molecule has 108 valence electrons. The Balaban J connectivity index is 2.26. The van der Waals surface area contributed by atoms with Gasteiger partial charge in [-0.1, -0.05) is 39.0 Å². The van der Waals surface area contributed by atoms with Crippen molar-refractivity contribution < 1.29 is 4.74 Å². The number of hydrogen-bond acceptors (Lipinski definition) is 2. The molecule has 0 atom stereocenters. The van der Waals surface area contributed by atoms with E-state index in [1.165, 1.54) is 5.56 Å². The minimum Gasteiger partial charge on any atom is -0.456 e. The Kier molecular flexibility index (Phi) is 4.33. The first kappa shape index (κ1) is 15.1. The summed E-state index contributed by atoms with van der Waals surface area (Å²) in [5.74, 6) is 1.37. The number of nitriles is 1. The lowest BCUT2D eigenvalue weighted by atomic mass is 9.82. The van der Waals surface area contributed by atoms with Crippen molar-refractivity contribution >= 4 is 0 Å². The Morgan fingerprint density at radius 2 is 1.76 bits per heavy atom. The molecular formula is C19H21NO. The van der Waals surface area contributed by atoms with Crippen LogP contribution in [0.3, 0.4) is 0 Å². The molecule has 21 heavy (non-hydrogen) atoms. The summed E-state index contributed by atoms with van der Waals surface area (Å²) >= 11 is 0. The second-order valence-electron chi connectivity index (χ2n) is 5.98. The van der Waals surface area contributed by atoms with Gasteiger partial charge in [-0.15, -0.1) is 0 Å². The van der Waals surface area contributed by atoms with Crippen LogP contribution >= 0.6 is 0 Å². The molecule has 0 aliphatic carbocycles. The summed E-state index contributed by atoms with van der Waals surface area (Å²) in [7, 11) is 0. The Hall–Kier alpha value is -2.27. The normalized spacial score (nSPS) is 11.0. The minimum atomic E-state index is 0.166. The van der Waals surface area contributed by atoms with Crippen molar-refractivity contribution in [3.63, 3.8) is 0 Å². The molecule has 0 amide bonds. The number of ether oxygens (including phenoxy) is 1. The Morgan fingerprint density at radius 3 is 2.33 bits per heavy atom. The molecule has 0 spiro atoms. The second kappa shape index (κ2) is 6.01. The third-order valence-corrected chi connectivity index (χ3v) is 4.01. The van der Waals surface area contributed by atoms with E-state index in [1.807, 2.05) is 31.2 Å². The lowest BCUT2D eigenvalue weighted by Crippen LogP contribution is -2.14. The first-order valence-electron chi connectivity index (χ1n) is 7.25. The van der Waals surface area contributed by atoms with Gasteiger partial charge in [0.1, 0.15) is 17.6 Å². The smallest absolute Gasteiger partial charge is 0.145 e. The quantitative estimate of drug-likeness (QED) is 0.756. The second-order valence-corrected chi connectivity index (χ2v) is 5.98. The number of benzene rings is 2. The fraction of sp³-hybridized carbons (Fsp3) is 0.316. The molecule has 0 aromatic heterocycles. The van der Waals surface area contributed by atoms with Crippen LogP contribution in [0, 0.1) is 18.3 Å². The summed E-state index contributed by atoms with van der Waals surface area (Å²) in [6.45, 7) is 8.64. The Bertz CT molecular complexity index is 663. The zero-order valence-electron chi connectivity index (χ0n) is 13.1. The Labute approximate surface area is 127 Å². The number of rotatable bonds is 4. The molecular weight excluding hydrogens is 258 g/mol. The van der Waals surface area contributed by atoms with Crippen molar-refractivity contribution in [3.8, 4) is 17.6 Å². The molecule has 0 radical (unpaired) electrons. The van der Waals surface area contributed by atoms with Crippen molar-refractivity contribution in [1.82, 2.24) is 0 Å². The average Bonchev–Trinajstić information content (AvgIpc) is 2.48. The van der Waals surface area contributed by atoms with Crippen molar-refractivity contribution in [2.24, 2.45) is 0 Å². The molecule has 0 aliphatic heterocycles. The molecule has 0 saturated carbocycles. The predicted molar refractivity (Wildman–Crippen MR) is 85.7 cm³/mol. The average molecular weight is 279 g/mol. The van der Waals surface area contributed by atoms with Gasteiger partial charge in [-0.05, 0) is 54.2 Å². The fourth-order valence-corrected chi connectivity index (χ4v) is 2.11. The molecule has 0 bridgehead atoms. The van der Waals surface area contributed by atoms with Crippen molar-refractivity contribution in [1.29, 1.82) is 5.26 Å².